The first kappa shape index (κ1) is 16.2. The second-order valence-electron chi connectivity index (χ2n) is 5.27. The fraction of sp³-hybridized carbons (Fsp3) is 0.471. The topological polar surface area (TPSA) is 63.7 Å². The molecular formula is C17H21NO4. The standard InChI is InChI=1S/C17H21NO4/c1-2-22-15(19)11-5-3-4-8-12-18-14-10-7-6-9-13(14)16(20)17(18)21/h6-7,9-10H,2-5,8,11-12H2,1H3. The Bertz CT molecular complexity index is 568. The van der Waals surface area contributed by atoms with Crippen LogP contribution in [-0.2, 0) is 14.3 Å². The van der Waals surface area contributed by atoms with Gasteiger partial charge in [0.1, 0.15) is 0 Å². The fourth-order valence-corrected chi connectivity index (χ4v) is 2.60. The highest BCUT2D eigenvalue weighted by Crippen LogP contribution is 2.28. The van der Waals surface area contributed by atoms with Gasteiger partial charge >= 0.3 is 5.97 Å². The molecule has 0 spiro atoms. The number of fused-ring (bicyclic) bond motifs is 1. The van der Waals surface area contributed by atoms with E-state index in [1.807, 2.05) is 6.07 Å². The Morgan fingerprint density at radius 2 is 1.82 bits per heavy atom. The number of anilines is 1. The number of carbonyl (C=O) groups is 3. The number of ether oxygens (including phenoxy) is 1. The summed E-state index contributed by atoms with van der Waals surface area (Å²) in [4.78, 5) is 36.5. The average molecular weight is 303 g/mol. The number of carbonyl (C=O) groups excluding carboxylic acids is 3. The van der Waals surface area contributed by atoms with Gasteiger partial charge in [0.15, 0.2) is 0 Å². The van der Waals surface area contributed by atoms with Gasteiger partial charge in [-0.15, -0.1) is 0 Å². The summed E-state index contributed by atoms with van der Waals surface area (Å²) < 4.78 is 4.87. The Morgan fingerprint density at radius 3 is 2.59 bits per heavy atom. The molecule has 2 rings (SSSR count). The van der Waals surface area contributed by atoms with E-state index in [1.165, 1.54) is 0 Å². The third-order valence-electron chi connectivity index (χ3n) is 3.70. The van der Waals surface area contributed by atoms with E-state index in [1.54, 1.807) is 30.0 Å². The number of hydrogen-bond acceptors (Lipinski definition) is 4. The smallest absolute Gasteiger partial charge is 0.305 e. The van der Waals surface area contributed by atoms with Crippen LogP contribution in [0.2, 0.25) is 0 Å². The van der Waals surface area contributed by atoms with Crippen LogP contribution in [-0.4, -0.2) is 30.8 Å². The molecule has 1 aromatic rings. The summed E-state index contributed by atoms with van der Waals surface area (Å²) in [5.41, 5.74) is 1.21. The van der Waals surface area contributed by atoms with Gasteiger partial charge in [0, 0.05) is 13.0 Å². The third kappa shape index (κ3) is 3.72. The van der Waals surface area contributed by atoms with Crippen LogP contribution < -0.4 is 4.90 Å². The Balaban J connectivity index is 1.73. The molecular weight excluding hydrogens is 282 g/mol. The summed E-state index contributed by atoms with van der Waals surface area (Å²) in [6.45, 7) is 2.76. The van der Waals surface area contributed by atoms with Crippen molar-refractivity contribution in [1.82, 2.24) is 0 Å². The molecule has 0 unspecified atom stereocenters. The monoisotopic (exact) mass is 303 g/mol. The summed E-state index contributed by atoms with van der Waals surface area (Å²) in [5, 5.41) is 0. The highest BCUT2D eigenvalue weighted by molar-refractivity contribution is 6.52. The molecule has 0 radical (unpaired) electrons. The Morgan fingerprint density at radius 1 is 1.09 bits per heavy atom. The molecule has 0 saturated heterocycles. The lowest BCUT2D eigenvalue weighted by molar-refractivity contribution is -0.143. The van der Waals surface area contributed by atoms with Gasteiger partial charge in [-0.2, -0.15) is 0 Å². The lowest BCUT2D eigenvalue weighted by Gasteiger charge is -2.16. The molecule has 1 aliphatic rings. The lowest BCUT2D eigenvalue weighted by Crippen LogP contribution is -2.30. The summed E-state index contributed by atoms with van der Waals surface area (Å²) in [6.07, 6.45) is 3.88. The summed E-state index contributed by atoms with van der Waals surface area (Å²) in [6, 6.07) is 7.09. The second kappa shape index (κ2) is 7.73. The maximum Gasteiger partial charge on any atom is 0.305 e. The zero-order valence-electron chi connectivity index (χ0n) is 12.8. The molecule has 0 bridgehead atoms. The first-order chi connectivity index (χ1) is 10.6. The number of para-hydroxylation sites is 1. The minimum atomic E-state index is -0.437. The maximum absolute atomic E-state index is 12.0. The van der Waals surface area contributed by atoms with Crippen LogP contribution in [0.1, 0.15) is 49.4 Å². The average Bonchev–Trinajstić information content (AvgIpc) is 2.76. The number of esters is 1. The molecule has 1 amide bonds. The highest BCUT2D eigenvalue weighted by atomic mass is 16.5. The van der Waals surface area contributed by atoms with Crippen molar-refractivity contribution < 1.29 is 19.1 Å². The van der Waals surface area contributed by atoms with Gasteiger partial charge in [-0.1, -0.05) is 25.0 Å². The van der Waals surface area contributed by atoms with E-state index in [0.29, 0.717) is 30.8 Å². The Kier molecular flexibility index (Phi) is 5.69. The molecule has 0 N–H and O–H groups in total. The van der Waals surface area contributed by atoms with Gasteiger partial charge in [-0.05, 0) is 31.9 Å². The zero-order chi connectivity index (χ0) is 15.9. The first-order valence-electron chi connectivity index (χ1n) is 7.76. The molecule has 1 aliphatic heterocycles. The number of unbranched alkanes of at least 4 members (excludes halogenated alkanes) is 3. The predicted molar refractivity (Wildman–Crippen MR) is 82.8 cm³/mol. The van der Waals surface area contributed by atoms with Crippen LogP contribution in [0.3, 0.4) is 0 Å². The van der Waals surface area contributed by atoms with Crippen molar-refractivity contribution >= 4 is 23.3 Å². The van der Waals surface area contributed by atoms with E-state index in [4.69, 9.17) is 4.74 Å². The fourth-order valence-electron chi connectivity index (χ4n) is 2.60. The number of ketones is 1. The molecule has 5 heteroatoms. The number of hydrogen-bond donors (Lipinski definition) is 0. The first-order valence-corrected chi connectivity index (χ1v) is 7.76. The SMILES string of the molecule is CCOC(=O)CCCCCCN1C(=O)C(=O)c2ccccc21. The van der Waals surface area contributed by atoms with E-state index in [9.17, 15) is 14.4 Å². The van der Waals surface area contributed by atoms with Gasteiger partial charge in [0.25, 0.3) is 11.7 Å². The van der Waals surface area contributed by atoms with Gasteiger partial charge in [0.05, 0.1) is 17.9 Å². The van der Waals surface area contributed by atoms with Crippen LogP contribution in [0, 0.1) is 0 Å². The van der Waals surface area contributed by atoms with Gasteiger partial charge in [-0.3, -0.25) is 14.4 Å². The van der Waals surface area contributed by atoms with Crippen LogP contribution in [0.5, 0.6) is 0 Å². The summed E-state index contributed by atoms with van der Waals surface area (Å²) in [7, 11) is 0. The van der Waals surface area contributed by atoms with Crippen LogP contribution in [0.25, 0.3) is 0 Å². The van der Waals surface area contributed by atoms with Crippen molar-refractivity contribution in [1.29, 1.82) is 0 Å². The molecule has 5 nitrogen and oxygen atoms in total. The van der Waals surface area contributed by atoms with Crippen molar-refractivity contribution in [3.63, 3.8) is 0 Å². The van der Waals surface area contributed by atoms with E-state index in [2.05, 4.69) is 0 Å². The van der Waals surface area contributed by atoms with Gasteiger partial charge in [-0.25, -0.2) is 0 Å². The van der Waals surface area contributed by atoms with Crippen LogP contribution in [0.4, 0.5) is 5.69 Å². The van der Waals surface area contributed by atoms with E-state index >= 15 is 0 Å². The number of amides is 1. The summed E-state index contributed by atoms with van der Waals surface area (Å²) in [5.74, 6) is -1.01. The van der Waals surface area contributed by atoms with E-state index in [0.717, 1.165) is 25.7 Å². The van der Waals surface area contributed by atoms with Gasteiger partial charge < -0.3 is 9.64 Å². The predicted octanol–water partition coefficient (Wildman–Crippen LogP) is 2.73. The quantitative estimate of drug-likeness (QED) is 0.421. The Labute approximate surface area is 130 Å². The molecule has 0 aliphatic carbocycles. The molecule has 22 heavy (non-hydrogen) atoms. The second-order valence-corrected chi connectivity index (χ2v) is 5.27. The molecule has 0 aromatic heterocycles. The molecule has 0 atom stereocenters. The molecule has 0 saturated carbocycles. The van der Waals surface area contributed by atoms with E-state index in [-0.39, 0.29) is 5.97 Å². The highest BCUT2D eigenvalue weighted by Gasteiger charge is 2.34. The lowest BCUT2D eigenvalue weighted by atomic mass is 10.1. The van der Waals surface area contributed by atoms with Crippen LogP contribution >= 0.6 is 0 Å². The molecule has 1 aromatic carbocycles. The van der Waals surface area contributed by atoms with Gasteiger partial charge in [0.2, 0.25) is 0 Å². The zero-order valence-corrected chi connectivity index (χ0v) is 12.8. The summed E-state index contributed by atoms with van der Waals surface area (Å²) >= 11 is 0. The van der Waals surface area contributed by atoms with Crippen molar-refractivity contribution in [2.24, 2.45) is 0 Å². The largest absolute Gasteiger partial charge is 0.466 e. The minimum Gasteiger partial charge on any atom is -0.466 e. The number of rotatable bonds is 8. The van der Waals surface area contributed by atoms with Crippen molar-refractivity contribution in [2.75, 3.05) is 18.1 Å². The third-order valence-corrected chi connectivity index (χ3v) is 3.70. The number of Topliss-reactive ketones (excluding diaryl/α,β-unsaturated/α-hetero) is 1. The van der Waals surface area contributed by atoms with Crippen molar-refractivity contribution in [2.45, 2.75) is 39.0 Å². The van der Waals surface area contributed by atoms with Crippen molar-refractivity contribution in [3.8, 4) is 0 Å². The molecule has 0 fully saturated rings. The Hall–Kier alpha value is -2.17. The van der Waals surface area contributed by atoms with Crippen LogP contribution in [0.15, 0.2) is 24.3 Å². The van der Waals surface area contributed by atoms with E-state index < -0.39 is 11.7 Å². The van der Waals surface area contributed by atoms with Crippen molar-refractivity contribution in [3.05, 3.63) is 29.8 Å². The molecule has 1 heterocycles. The normalized spacial score (nSPS) is 13.4. The maximum atomic E-state index is 12.0. The number of nitrogens with zero attached hydrogens (tertiary/aromatic N) is 1. The minimum absolute atomic E-state index is 0.156. The molecule has 118 valence electrons. The number of benzene rings is 1.